The van der Waals surface area contributed by atoms with Gasteiger partial charge < -0.3 is 4.90 Å². The number of rotatable bonds is 1. The molecule has 1 fully saturated rings. The summed E-state index contributed by atoms with van der Waals surface area (Å²) in [5, 5.41) is 0. The van der Waals surface area contributed by atoms with Crippen LogP contribution in [0.4, 0.5) is 0 Å². The summed E-state index contributed by atoms with van der Waals surface area (Å²) in [5.74, 6) is 0.0761. The molecule has 0 N–H and O–H groups in total. The lowest BCUT2D eigenvalue weighted by atomic mass is 9.78. The van der Waals surface area contributed by atoms with E-state index < -0.39 is 5.41 Å². The lowest BCUT2D eigenvalue weighted by Gasteiger charge is -2.35. The number of piperidine rings is 1. The maximum absolute atomic E-state index is 11.5. The number of ketones is 2. The molecule has 1 heterocycles. The van der Waals surface area contributed by atoms with Gasteiger partial charge in [-0.15, -0.1) is 0 Å². The fourth-order valence-electron chi connectivity index (χ4n) is 2.12. The highest BCUT2D eigenvalue weighted by Gasteiger charge is 2.41. The van der Waals surface area contributed by atoms with Gasteiger partial charge in [-0.1, -0.05) is 35.9 Å². The summed E-state index contributed by atoms with van der Waals surface area (Å²) in [7, 11) is 1.94. The molecule has 2 rings (SSSR count). The molecule has 0 aromatic heterocycles. The highest BCUT2D eigenvalue weighted by molar-refractivity contribution is 6.06. The van der Waals surface area contributed by atoms with Gasteiger partial charge in [0.25, 0.3) is 0 Å². The van der Waals surface area contributed by atoms with E-state index in [1.807, 2.05) is 30.1 Å². The third-order valence-electron chi connectivity index (χ3n) is 3.64. The molecule has 0 bridgehead atoms. The molecule has 3 heteroatoms. The summed E-state index contributed by atoms with van der Waals surface area (Å²) in [5.41, 5.74) is 0.579. The molecule has 3 nitrogen and oxygen atoms in total. The van der Waals surface area contributed by atoms with Crippen molar-refractivity contribution in [1.29, 1.82) is 0 Å². The van der Waals surface area contributed by atoms with Crippen LogP contribution in [0.1, 0.15) is 25.8 Å². The summed E-state index contributed by atoms with van der Waals surface area (Å²) >= 11 is 0. The van der Waals surface area contributed by atoms with E-state index in [-0.39, 0.29) is 11.6 Å². The Morgan fingerprint density at radius 1 is 1.26 bits per heavy atom. The van der Waals surface area contributed by atoms with E-state index in [0.717, 1.165) is 6.54 Å². The van der Waals surface area contributed by atoms with Crippen LogP contribution in [0.15, 0.2) is 30.3 Å². The Bertz CT molecular complexity index is 441. The van der Waals surface area contributed by atoms with Gasteiger partial charge in [-0.3, -0.25) is 9.59 Å². The maximum Gasteiger partial charge on any atom is 0.148 e. The number of carbonyl (C=O) groups excluding carboxylic acids is 2. The molecule has 0 amide bonds. The molecule has 1 aliphatic rings. The van der Waals surface area contributed by atoms with Crippen LogP contribution in [0.2, 0.25) is 0 Å². The van der Waals surface area contributed by atoms with Crippen molar-refractivity contribution < 1.29 is 9.59 Å². The Hall–Kier alpha value is -1.48. The van der Waals surface area contributed by atoms with Gasteiger partial charge in [-0.25, -0.2) is 0 Å². The van der Waals surface area contributed by atoms with Crippen molar-refractivity contribution in [3.05, 3.63) is 35.9 Å². The number of Topliss-reactive ketones (excluding diaryl/α,β-unsaturated/α-hetero) is 2. The number of nitrogens with zero attached hydrogens (tertiary/aromatic N) is 1. The van der Waals surface area contributed by atoms with Crippen molar-refractivity contribution in [1.82, 2.24) is 4.90 Å². The molecule has 1 saturated heterocycles. The summed E-state index contributed by atoms with van der Waals surface area (Å²) in [4.78, 5) is 24.7. The lowest BCUT2D eigenvalue weighted by Crippen LogP contribution is -2.49. The first-order chi connectivity index (χ1) is 8.86. The summed E-state index contributed by atoms with van der Waals surface area (Å²) in [6.45, 7) is 6.67. The van der Waals surface area contributed by atoms with Gasteiger partial charge in [0.05, 0.1) is 5.41 Å². The monoisotopic (exact) mass is 261 g/mol. The second-order valence-electron chi connectivity index (χ2n) is 5.45. The van der Waals surface area contributed by atoms with E-state index in [0.29, 0.717) is 13.0 Å². The van der Waals surface area contributed by atoms with Gasteiger partial charge in [-0.05, 0) is 27.8 Å². The molecule has 0 aliphatic carbocycles. The quantitative estimate of drug-likeness (QED) is 0.729. The molecule has 19 heavy (non-hydrogen) atoms. The number of hydrogen-bond acceptors (Lipinski definition) is 3. The zero-order valence-electron chi connectivity index (χ0n) is 12.3. The Kier molecular flexibility index (Phi) is 5.43. The number of carbonyl (C=O) groups is 2. The Morgan fingerprint density at radius 2 is 1.84 bits per heavy atom. The van der Waals surface area contributed by atoms with E-state index in [2.05, 4.69) is 19.1 Å². The van der Waals surface area contributed by atoms with Crippen molar-refractivity contribution in [3.8, 4) is 0 Å². The fourth-order valence-corrected chi connectivity index (χ4v) is 2.12. The highest BCUT2D eigenvalue weighted by Crippen LogP contribution is 2.26. The number of hydrogen-bond donors (Lipinski definition) is 0. The minimum Gasteiger partial charge on any atom is -0.304 e. The second-order valence-corrected chi connectivity index (χ2v) is 5.45. The number of aryl methyl sites for hydroxylation is 1. The summed E-state index contributed by atoms with van der Waals surface area (Å²) in [6, 6.07) is 10.3. The van der Waals surface area contributed by atoms with Crippen molar-refractivity contribution in [2.75, 3.05) is 20.1 Å². The largest absolute Gasteiger partial charge is 0.304 e. The SMILES string of the molecule is CC(=O)C1(C)CN(C)CCC1=O.Cc1ccccc1. The minimum absolute atomic E-state index is 0.0148. The molecule has 0 radical (unpaired) electrons. The molecule has 1 atom stereocenters. The summed E-state index contributed by atoms with van der Waals surface area (Å²) in [6.07, 6.45) is 0.507. The van der Waals surface area contributed by atoms with Gasteiger partial charge in [0.1, 0.15) is 11.6 Å². The first kappa shape index (κ1) is 15.6. The van der Waals surface area contributed by atoms with E-state index in [9.17, 15) is 9.59 Å². The van der Waals surface area contributed by atoms with Crippen molar-refractivity contribution in [3.63, 3.8) is 0 Å². The molecule has 1 aromatic carbocycles. The lowest BCUT2D eigenvalue weighted by molar-refractivity contribution is -0.142. The van der Waals surface area contributed by atoms with E-state index in [1.165, 1.54) is 12.5 Å². The average molecular weight is 261 g/mol. The normalized spacial score (nSPS) is 23.5. The summed E-state index contributed by atoms with van der Waals surface area (Å²) < 4.78 is 0. The van der Waals surface area contributed by atoms with Gasteiger partial charge in [0.2, 0.25) is 0 Å². The minimum atomic E-state index is -0.743. The molecule has 1 aromatic rings. The van der Waals surface area contributed by atoms with E-state index >= 15 is 0 Å². The third-order valence-corrected chi connectivity index (χ3v) is 3.64. The molecule has 0 spiro atoms. The molecular weight excluding hydrogens is 238 g/mol. The second kappa shape index (κ2) is 6.62. The van der Waals surface area contributed by atoms with Crippen LogP contribution in [0.5, 0.6) is 0 Å². The van der Waals surface area contributed by atoms with Gasteiger partial charge in [-0.2, -0.15) is 0 Å². The standard InChI is InChI=1S/C9H15NO2.C7H8/c1-7(11)9(2)6-10(3)5-4-8(9)12;1-7-5-3-2-4-6-7/h4-6H2,1-3H3;2-6H,1H3. The first-order valence-corrected chi connectivity index (χ1v) is 6.61. The molecular formula is C16H23NO2. The Morgan fingerprint density at radius 3 is 2.21 bits per heavy atom. The van der Waals surface area contributed by atoms with Crippen molar-refractivity contribution >= 4 is 11.6 Å². The van der Waals surface area contributed by atoms with Gasteiger partial charge in [0.15, 0.2) is 0 Å². The average Bonchev–Trinajstić information content (AvgIpc) is 2.36. The Balaban J connectivity index is 0.000000218. The van der Waals surface area contributed by atoms with Crippen LogP contribution in [0.25, 0.3) is 0 Å². The smallest absolute Gasteiger partial charge is 0.148 e. The first-order valence-electron chi connectivity index (χ1n) is 6.61. The number of benzene rings is 1. The molecule has 1 aliphatic heterocycles. The van der Waals surface area contributed by atoms with E-state index in [1.54, 1.807) is 6.92 Å². The molecule has 1 unspecified atom stereocenters. The molecule has 0 saturated carbocycles. The van der Waals surface area contributed by atoms with Crippen LogP contribution in [-0.4, -0.2) is 36.6 Å². The number of likely N-dealkylation sites (tertiary alicyclic amines) is 1. The zero-order chi connectivity index (χ0) is 14.5. The predicted octanol–water partition coefficient (Wildman–Crippen LogP) is 2.48. The van der Waals surface area contributed by atoms with Gasteiger partial charge >= 0.3 is 0 Å². The van der Waals surface area contributed by atoms with Crippen LogP contribution < -0.4 is 0 Å². The van der Waals surface area contributed by atoms with Crippen molar-refractivity contribution in [2.45, 2.75) is 27.2 Å². The van der Waals surface area contributed by atoms with E-state index in [4.69, 9.17) is 0 Å². The maximum atomic E-state index is 11.5. The van der Waals surface area contributed by atoms with Crippen LogP contribution in [0, 0.1) is 12.3 Å². The zero-order valence-corrected chi connectivity index (χ0v) is 12.3. The molecule has 104 valence electrons. The topological polar surface area (TPSA) is 37.4 Å². The van der Waals surface area contributed by atoms with Crippen LogP contribution >= 0.6 is 0 Å². The Labute approximate surface area is 115 Å². The third kappa shape index (κ3) is 4.28. The highest BCUT2D eigenvalue weighted by atomic mass is 16.2. The fraction of sp³-hybridized carbons (Fsp3) is 0.500. The predicted molar refractivity (Wildman–Crippen MR) is 77.1 cm³/mol. The van der Waals surface area contributed by atoms with Crippen LogP contribution in [-0.2, 0) is 9.59 Å². The van der Waals surface area contributed by atoms with Crippen LogP contribution in [0.3, 0.4) is 0 Å². The van der Waals surface area contributed by atoms with Gasteiger partial charge in [0, 0.05) is 19.5 Å². The van der Waals surface area contributed by atoms with Crippen molar-refractivity contribution in [2.24, 2.45) is 5.41 Å².